The van der Waals surface area contributed by atoms with Crippen molar-refractivity contribution in [3.05, 3.63) is 42.7 Å². The smallest absolute Gasteiger partial charge is 0.326 e. The molecular formula is C14H15N3O2. The van der Waals surface area contributed by atoms with E-state index in [9.17, 15) is 4.79 Å². The number of carbonyl (C=O) groups is 1. The molecule has 0 saturated carbocycles. The normalized spacial score (nSPS) is 11.8. The summed E-state index contributed by atoms with van der Waals surface area (Å²) in [6.07, 6.45) is 3.66. The third kappa shape index (κ3) is 3.28. The summed E-state index contributed by atoms with van der Waals surface area (Å²) in [5.74, 6) is -0.426. The number of hydrogen-bond donors (Lipinski definition) is 2. The average Bonchev–Trinajstić information content (AvgIpc) is 2.45. The molecule has 1 aromatic heterocycles. The van der Waals surface area contributed by atoms with E-state index in [-0.39, 0.29) is 0 Å². The maximum atomic E-state index is 11.0. The minimum Gasteiger partial charge on any atom is -0.480 e. The van der Waals surface area contributed by atoms with Crippen molar-refractivity contribution in [1.82, 2.24) is 9.97 Å². The Labute approximate surface area is 111 Å². The molecule has 0 amide bonds. The topological polar surface area (TPSA) is 75.1 Å². The van der Waals surface area contributed by atoms with Gasteiger partial charge in [-0.2, -0.15) is 0 Å². The third-order valence-electron chi connectivity index (χ3n) is 2.73. The molecule has 19 heavy (non-hydrogen) atoms. The van der Waals surface area contributed by atoms with E-state index >= 15 is 0 Å². The predicted octanol–water partition coefficient (Wildman–Crippen LogP) is 2.42. The van der Waals surface area contributed by atoms with Gasteiger partial charge in [0.1, 0.15) is 11.9 Å². The van der Waals surface area contributed by atoms with Crippen LogP contribution in [0.2, 0.25) is 0 Å². The number of carboxylic acids is 1. The van der Waals surface area contributed by atoms with Crippen LogP contribution in [-0.2, 0) is 4.79 Å². The van der Waals surface area contributed by atoms with Gasteiger partial charge in [0.05, 0.1) is 18.1 Å². The summed E-state index contributed by atoms with van der Waals surface area (Å²) in [5.41, 5.74) is 1.66. The van der Waals surface area contributed by atoms with Gasteiger partial charge in [-0.25, -0.2) is 9.78 Å². The van der Waals surface area contributed by atoms with Crippen molar-refractivity contribution in [2.24, 2.45) is 0 Å². The zero-order valence-electron chi connectivity index (χ0n) is 10.6. The van der Waals surface area contributed by atoms with E-state index in [4.69, 9.17) is 5.11 Å². The van der Waals surface area contributed by atoms with Crippen molar-refractivity contribution in [2.45, 2.75) is 19.4 Å². The minimum atomic E-state index is -0.894. The van der Waals surface area contributed by atoms with Gasteiger partial charge in [0.15, 0.2) is 0 Å². The molecule has 2 rings (SSSR count). The Bertz CT molecular complexity index is 558. The van der Waals surface area contributed by atoms with E-state index in [1.54, 1.807) is 13.1 Å². The molecule has 0 fully saturated rings. The lowest BCUT2D eigenvalue weighted by Crippen LogP contribution is -2.28. The summed E-state index contributed by atoms with van der Waals surface area (Å²) in [7, 11) is 0. The molecule has 5 heteroatoms. The van der Waals surface area contributed by atoms with Crippen LogP contribution in [0.3, 0.4) is 0 Å². The second kappa shape index (κ2) is 5.95. The number of nitrogens with one attached hydrogen (secondary N) is 1. The molecular weight excluding hydrogens is 242 g/mol. The van der Waals surface area contributed by atoms with Crippen molar-refractivity contribution >= 4 is 11.8 Å². The summed E-state index contributed by atoms with van der Waals surface area (Å²) in [6, 6.07) is 8.98. The lowest BCUT2D eigenvalue weighted by atomic mass is 10.2. The number of benzene rings is 1. The molecule has 0 bridgehead atoms. The lowest BCUT2D eigenvalue weighted by Gasteiger charge is -2.13. The highest BCUT2D eigenvalue weighted by atomic mass is 16.4. The predicted molar refractivity (Wildman–Crippen MR) is 72.8 cm³/mol. The molecule has 0 aliphatic carbocycles. The van der Waals surface area contributed by atoms with Crippen molar-refractivity contribution in [2.75, 3.05) is 5.32 Å². The number of aromatic nitrogens is 2. The summed E-state index contributed by atoms with van der Waals surface area (Å²) < 4.78 is 0. The van der Waals surface area contributed by atoms with Crippen LogP contribution in [0.4, 0.5) is 5.82 Å². The number of rotatable bonds is 5. The quantitative estimate of drug-likeness (QED) is 0.860. The molecule has 5 nitrogen and oxygen atoms in total. The van der Waals surface area contributed by atoms with E-state index in [1.165, 1.54) is 6.20 Å². The molecule has 0 radical (unpaired) electrons. The lowest BCUT2D eigenvalue weighted by molar-refractivity contribution is -0.137. The molecule has 98 valence electrons. The Balaban J connectivity index is 2.23. The number of carboxylic acid groups (broad SMARTS) is 1. The van der Waals surface area contributed by atoms with Crippen molar-refractivity contribution < 1.29 is 9.90 Å². The number of aliphatic carboxylic acids is 1. The first-order valence-corrected chi connectivity index (χ1v) is 6.07. The Morgan fingerprint density at radius 1 is 1.32 bits per heavy atom. The minimum absolute atomic E-state index is 0.468. The number of nitrogens with zero attached hydrogens (tertiary/aromatic N) is 2. The third-order valence-corrected chi connectivity index (χ3v) is 2.73. The van der Waals surface area contributed by atoms with Gasteiger partial charge in [-0.05, 0) is 6.42 Å². The van der Waals surface area contributed by atoms with E-state index in [0.717, 1.165) is 5.56 Å². The van der Waals surface area contributed by atoms with Gasteiger partial charge < -0.3 is 10.4 Å². The van der Waals surface area contributed by atoms with Crippen LogP contribution in [0.1, 0.15) is 13.3 Å². The zero-order valence-corrected chi connectivity index (χ0v) is 10.6. The molecule has 1 unspecified atom stereocenters. The number of anilines is 1. The molecule has 1 aromatic carbocycles. The summed E-state index contributed by atoms with van der Waals surface area (Å²) in [6.45, 7) is 1.81. The first-order valence-electron chi connectivity index (χ1n) is 6.07. The molecule has 0 aliphatic heterocycles. The van der Waals surface area contributed by atoms with Crippen molar-refractivity contribution in [3.63, 3.8) is 0 Å². The second-order valence-corrected chi connectivity index (χ2v) is 4.10. The largest absolute Gasteiger partial charge is 0.480 e. The monoisotopic (exact) mass is 257 g/mol. The van der Waals surface area contributed by atoms with Crippen molar-refractivity contribution in [1.29, 1.82) is 0 Å². The second-order valence-electron chi connectivity index (χ2n) is 4.10. The fraction of sp³-hybridized carbons (Fsp3) is 0.214. The Hall–Kier alpha value is -2.43. The highest BCUT2D eigenvalue weighted by Gasteiger charge is 2.15. The van der Waals surface area contributed by atoms with Crippen LogP contribution in [0.15, 0.2) is 42.7 Å². The van der Waals surface area contributed by atoms with Gasteiger partial charge >= 0.3 is 5.97 Å². The van der Waals surface area contributed by atoms with Crippen molar-refractivity contribution in [3.8, 4) is 11.3 Å². The maximum Gasteiger partial charge on any atom is 0.326 e. The first kappa shape index (κ1) is 13.0. The average molecular weight is 257 g/mol. The van der Waals surface area contributed by atoms with Crippen LogP contribution in [-0.4, -0.2) is 27.1 Å². The molecule has 2 aromatic rings. The van der Waals surface area contributed by atoms with E-state index in [1.807, 2.05) is 30.3 Å². The standard InChI is InChI=1S/C14H15N3O2/c1-2-11(14(18)19)16-13-9-15-8-12(17-13)10-6-4-3-5-7-10/h3-9,11H,2H2,1H3,(H,16,17)(H,18,19). The number of hydrogen-bond acceptors (Lipinski definition) is 4. The fourth-order valence-corrected chi connectivity index (χ4v) is 1.70. The molecule has 1 heterocycles. The summed E-state index contributed by atoms with van der Waals surface area (Å²) in [5, 5.41) is 11.9. The Morgan fingerprint density at radius 2 is 2.05 bits per heavy atom. The van der Waals surface area contributed by atoms with Gasteiger partial charge in [-0.1, -0.05) is 37.3 Å². The molecule has 1 atom stereocenters. The fourth-order valence-electron chi connectivity index (χ4n) is 1.70. The van der Waals surface area contributed by atoms with E-state index < -0.39 is 12.0 Å². The molecule has 0 saturated heterocycles. The molecule has 0 aliphatic rings. The zero-order chi connectivity index (χ0) is 13.7. The Morgan fingerprint density at radius 3 is 2.68 bits per heavy atom. The maximum absolute atomic E-state index is 11.0. The Kier molecular flexibility index (Phi) is 4.07. The van der Waals surface area contributed by atoms with Crippen LogP contribution in [0, 0.1) is 0 Å². The van der Waals surface area contributed by atoms with Gasteiger partial charge in [0.25, 0.3) is 0 Å². The van der Waals surface area contributed by atoms with E-state index in [2.05, 4.69) is 15.3 Å². The summed E-state index contributed by atoms with van der Waals surface area (Å²) in [4.78, 5) is 19.4. The van der Waals surface area contributed by atoms with Crippen LogP contribution in [0.5, 0.6) is 0 Å². The van der Waals surface area contributed by atoms with Gasteiger partial charge in [-0.3, -0.25) is 4.98 Å². The highest BCUT2D eigenvalue weighted by molar-refractivity contribution is 5.76. The first-order chi connectivity index (χ1) is 9.20. The SMILES string of the molecule is CCC(Nc1cncc(-c2ccccc2)n1)C(=O)O. The summed E-state index contributed by atoms with van der Waals surface area (Å²) >= 11 is 0. The van der Waals surface area contributed by atoms with E-state index in [0.29, 0.717) is 17.9 Å². The van der Waals surface area contributed by atoms with Gasteiger partial charge in [-0.15, -0.1) is 0 Å². The van der Waals surface area contributed by atoms with Crippen LogP contribution >= 0.6 is 0 Å². The molecule has 0 spiro atoms. The van der Waals surface area contributed by atoms with Crippen LogP contribution in [0.25, 0.3) is 11.3 Å². The highest BCUT2D eigenvalue weighted by Crippen LogP contribution is 2.17. The molecule has 2 N–H and O–H groups in total. The van der Waals surface area contributed by atoms with Gasteiger partial charge in [0, 0.05) is 5.56 Å². The van der Waals surface area contributed by atoms with Crippen LogP contribution < -0.4 is 5.32 Å². The van der Waals surface area contributed by atoms with Gasteiger partial charge in [0.2, 0.25) is 0 Å².